The van der Waals surface area contributed by atoms with E-state index in [0.717, 1.165) is 19.3 Å². The van der Waals surface area contributed by atoms with Crippen LogP contribution in [0.3, 0.4) is 0 Å². The third kappa shape index (κ3) is 7.40. The van der Waals surface area contributed by atoms with E-state index < -0.39 is 22.1 Å². The van der Waals surface area contributed by atoms with E-state index in [2.05, 4.69) is 16.0 Å². The van der Waals surface area contributed by atoms with Gasteiger partial charge in [-0.1, -0.05) is 34.8 Å². The predicted molar refractivity (Wildman–Crippen MR) is 142 cm³/mol. The molecule has 35 heavy (non-hydrogen) atoms. The van der Waals surface area contributed by atoms with Gasteiger partial charge in [0, 0.05) is 41.7 Å². The Kier molecular flexibility index (Phi) is 9.58. The Morgan fingerprint density at radius 3 is 2.14 bits per heavy atom. The predicted octanol–water partition coefficient (Wildman–Crippen LogP) is 6.21. The molecule has 0 aliphatic heterocycles. The minimum Gasteiger partial charge on any atom is -0.356 e. The van der Waals surface area contributed by atoms with E-state index in [1.807, 2.05) is 0 Å². The van der Waals surface area contributed by atoms with Crippen molar-refractivity contribution in [2.45, 2.75) is 36.4 Å². The third-order valence-corrected chi connectivity index (χ3v) is 7.28. The van der Waals surface area contributed by atoms with Gasteiger partial charge in [0.1, 0.15) is 4.33 Å². The molecule has 188 valence electrons. The Morgan fingerprint density at radius 1 is 0.886 bits per heavy atom. The van der Waals surface area contributed by atoms with Crippen LogP contribution < -0.4 is 16.0 Å². The number of rotatable bonds is 10. The zero-order chi connectivity index (χ0) is 25.8. The minimum atomic E-state index is -1.31. The molecule has 1 aliphatic rings. The molecule has 0 bridgehead atoms. The number of hydrogen-bond donors (Lipinski definition) is 3. The van der Waals surface area contributed by atoms with Crippen LogP contribution in [-0.4, -0.2) is 35.1 Å². The van der Waals surface area contributed by atoms with Gasteiger partial charge in [0.05, 0.1) is 16.5 Å². The monoisotopic (exact) mass is 577 g/mol. The van der Waals surface area contributed by atoms with E-state index >= 15 is 0 Å². The minimum absolute atomic E-state index is 0.0613. The zero-order valence-corrected chi connectivity index (χ0v) is 22.5. The molecule has 11 heteroatoms. The summed E-state index contributed by atoms with van der Waals surface area (Å²) in [4.78, 5) is 36.4. The first-order chi connectivity index (χ1) is 16.5. The van der Waals surface area contributed by atoms with Gasteiger partial charge in [0.2, 0.25) is 11.8 Å². The van der Waals surface area contributed by atoms with Crippen LogP contribution in [0, 0.1) is 5.92 Å². The molecule has 0 radical (unpaired) electrons. The second kappa shape index (κ2) is 12.0. The van der Waals surface area contributed by atoms with Crippen LogP contribution in [0.4, 0.5) is 5.69 Å². The molecule has 3 amide bonds. The molecule has 3 rings (SSSR count). The zero-order valence-electron chi connectivity index (χ0n) is 18.8. The topological polar surface area (TPSA) is 87.3 Å². The maximum Gasteiger partial charge on any atom is 0.252 e. The summed E-state index contributed by atoms with van der Waals surface area (Å²) in [7, 11) is 0. The van der Waals surface area contributed by atoms with Crippen molar-refractivity contribution in [2.24, 2.45) is 5.92 Å². The van der Waals surface area contributed by atoms with Crippen LogP contribution in [0.1, 0.15) is 48.0 Å². The lowest BCUT2D eigenvalue weighted by atomic mass is 10.1. The molecule has 0 spiro atoms. The van der Waals surface area contributed by atoms with Crippen molar-refractivity contribution in [2.75, 3.05) is 18.4 Å². The first-order valence-corrected chi connectivity index (χ1v) is 12.9. The van der Waals surface area contributed by atoms with Crippen molar-refractivity contribution >= 4 is 81.4 Å². The summed E-state index contributed by atoms with van der Waals surface area (Å²) in [5.74, 6) is -2.03. The first kappa shape index (κ1) is 27.9. The average Bonchev–Trinajstić information content (AvgIpc) is 3.35. The normalized spacial score (nSPS) is 18.0. The van der Waals surface area contributed by atoms with E-state index in [1.54, 1.807) is 24.3 Å². The molecule has 3 N–H and O–H groups in total. The van der Waals surface area contributed by atoms with Gasteiger partial charge >= 0.3 is 0 Å². The average molecular weight is 580 g/mol. The quantitative estimate of drug-likeness (QED) is 0.231. The third-order valence-electron chi connectivity index (χ3n) is 5.57. The highest BCUT2D eigenvalue weighted by atomic mass is 35.5. The molecule has 0 saturated heterocycles. The number of benzene rings is 2. The van der Waals surface area contributed by atoms with Gasteiger partial charge in [0.15, 0.2) is 0 Å². The van der Waals surface area contributed by atoms with Crippen LogP contribution in [0.5, 0.6) is 0 Å². The summed E-state index contributed by atoms with van der Waals surface area (Å²) in [5, 5.41) is 9.41. The maximum absolute atomic E-state index is 12.9. The van der Waals surface area contributed by atoms with E-state index in [4.69, 9.17) is 58.0 Å². The Labute approximate surface area is 229 Å². The molecule has 2 atom stereocenters. The highest BCUT2D eigenvalue weighted by Gasteiger charge is 2.67. The van der Waals surface area contributed by atoms with Crippen molar-refractivity contribution in [1.29, 1.82) is 0 Å². The summed E-state index contributed by atoms with van der Waals surface area (Å²) in [6.45, 7) is 2.54. The summed E-state index contributed by atoms with van der Waals surface area (Å²) < 4.78 is -1.31. The van der Waals surface area contributed by atoms with Crippen LogP contribution in [0.15, 0.2) is 36.4 Å². The van der Waals surface area contributed by atoms with Gasteiger partial charge in [-0.3, -0.25) is 14.4 Å². The number of carbonyl (C=O) groups is 3. The van der Waals surface area contributed by atoms with Crippen molar-refractivity contribution < 1.29 is 14.4 Å². The summed E-state index contributed by atoms with van der Waals surface area (Å²) in [5.41, 5.74) is 1.29. The van der Waals surface area contributed by atoms with Crippen molar-refractivity contribution in [1.82, 2.24) is 10.6 Å². The number of amides is 3. The maximum atomic E-state index is 12.9. The number of anilines is 1. The number of hydrogen-bond acceptors (Lipinski definition) is 3. The molecule has 2 aromatic carbocycles. The van der Waals surface area contributed by atoms with Crippen molar-refractivity contribution in [3.05, 3.63) is 62.6 Å². The van der Waals surface area contributed by atoms with Crippen LogP contribution in [0.2, 0.25) is 15.1 Å². The highest BCUT2D eigenvalue weighted by Crippen LogP contribution is 2.65. The van der Waals surface area contributed by atoms with E-state index in [-0.39, 0.29) is 22.4 Å². The molecule has 2 unspecified atom stereocenters. The van der Waals surface area contributed by atoms with Gasteiger partial charge in [-0.25, -0.2) is 0 Å². The summed E-state index contributed by atoms with van der Waals surface area (Å²) in [6.07, 6.45) is 2.43. The SMILES string of the molecule is CC(=O)NCCCCCNC(=O)c1cc(NC(=O)C2C(c3cc(Cl)cc(Cl)c3)C2(Cl)Cl)ccc1Cl. The molecule has 2 aromatic rings. The standard InChI is InChI=1S/C24H24Cl5N3O3/c1-13(33)30-7-3-2-4-8-31-22(34)18-12-17(5-6-19(18)27)32-23(35)21-20(24(21,28)29)14-9-15(25)11-16(26)10-14/h5-6,9-12,20-21H,2-4,7-8H2,1H3,(H,30,33)(H,31,34)(H,32,35). The van der Waals surface area contributed by atoms with Crippen LogP contribution in [-0.2, 0) is 9.59 Å². The number of carbonyl (C=O) groups excluding carboxylic acids is 3. The van der Waals surface area contributed by atoms with Crippen LogP contribution >= 0.6 is 58.0 Å². The van der Waals surface area contributed by atoms with Gasteiger partial charge in [0.25, 0.3) is 5.91 Å². The molecule has 1 fully saturated rings. The number of alkyl halides is 2. The lowest BCUT2D eigenvalue weighted by Gasteiger charge is -2.10. The fourth-order valence-corrected chi connectivity index (χ4v) is 5.38. The Balaban J connectivity index is 1.58. The van der Waals surface area contributed by atoms with Gasteiger partial charge in [-0.05, 0) is 61.2 Å². The molecule has 1 aliphatic carbocycles. The number of unbranched alkanes of at least 4 members (excludes halogenated alkanes) is 2. The number of nitrogens with one attached hydrogen (secondary N) is 3. The van der Waals surface area contributed by atoms with E-state index in [0.29, 0.717) is 34.4 Å². The fourth-order valence-electron chi connectivity index (χ4n) is 3.81. The Bertz CT molecular complexity index is 1110. The Hall–Kier alpha value is -1.70. The van der Waals surface area contributed by atoms with Gasteiger partial charge < -0.3 is 16.0 Å². The molecule has 6 nitrogen and oxygen atoms in total. The largest absolute Gasteiger partial charge is 0.356 e. The number of halogens is 5. The van der Waals surface area contributed by atoms with Crippen molar-refractivity contribution in [3.63, 3.8) is 0 Å². The van der Waals surface area contributed by atoms with Crippen LogP contribution in [0.25, 0.3) is 0 Å². The molecule has 0 heterocycles. The van der Waals surface area contributed by atoms with Crippen molar-refractivity contribution in [3.8, 4) is 0 Å². The Morgan fingerprint density at radius 2 is 1.51 bits per heavy atom. The summed E-state index contributed by atoms with van der Waals surface area (Å²) >= 11 is 31.2. The summed E-state index contributed by atoms with van der Waals surface area (Å²) in [6, 6.07) is 9.57. The molecular weight excluding hydrogens is 556 g/mol. The van der Waals surface area contributed by atoms with E-state index in [9.17, 15) is 14.4 Å². The second-order valence-electron chi connectivity index (χ2n) is 8.32. The highest BCUT2D eigenvalue weighted by molar-refractivity contribution is 6.53. The van der Waals surface area contributed by atoms with E-state index in [1.165, 1.54) is 19.1 Å². The lowest BCUT2D eigenvalue weighted by Crippen LogP contribution is -2.25. The molecule has 0 aromatic heterocycles. The molecule has 1 saturated carbocycles. The lowest BCUT2D eigenvalue weighted by molar-refractivity contribution is -0.119. The fraction of sp³-hybridized carbons (Fsp3) is 0.375. The first-order valence-electron chi connectivity index (χ1n) is 11.0. The van der Waals surface area contributed by atoms with Gasteiger partial charge in [-0.15, -0.1) is 23.2 Å². The molecular formula is C24H24Cl5N3O3. The second-order valence-corrected chi connectivity index (χ2v) is 11.0. The van der Waals surface area contributed by atoms with Gasteiger partial charge in [-0.2, -0.15) is 0 Å². The smallest absolute Gasteiger partial charge is 0.252 e.